The minimum atomic E-state index is 0.787. The molecule has 0 atom stereocenters. The highest BCUT2D eigenvalue weighted by molar-refractivity contribution is 5.12. The quantitative estimate of drug-likeness (QED) is 0.499. The van der Waals surface area contributed by atoms with E-state index >= 15 is 0 Å². The first kappa shape index (κ1) is 15.2. The lowest BCUT2D eigenvalue weighted by Gasteiger charge is -1.99. The number of hydrogen-bond donors (Lipinski definition) is 1. The Kier molecular flexibility index (Phi) is 15.6. The molecule has 80 valence electrons. The Labute approximate surface area is 88.9 Å². The second-order valence-electron chi connectivity index (χ2n) is 2.79. The van der Waals surface area contributed by atoms with Crippen LogP contribution in [0.25, 0.3) is 0 Å². The van der Waals surface area contributed by atoms with E-state index in [2.05, 4.69) is 38.1 Å². The van der Waals surface area contributed by atoms with Gasteiger partial charge in [0.25, 0.3) is 0 Å². The maximum absolute atomic E-state index is 3.82. The van der Waals surface area contributed by atoms with Gasteiger partial charge < -0.3 is 5.32 Å². The summed E-state index contributed by atoms with van der Waals surface area (Å²) in [7, 11) is 0. The molecule has 1 heteroatoms. The number of rotatable bonds is 6. The van der Waals surface area contributed by atoms with Gasteiger partial charge in [0.2, 0.25) is 0 Å². The number of nitrogens with one attached hydrogen (secondary N) is 1. The molecule has 0 amide bonds. The molecular weight excluding hydrogens is 170 g/mol. The van der Waals surface area contributed by atoms with Crippen LogP contribution in [0.15, 0.2) is 49.7 Å². The molecule has 0 spiro atoms. The summed E-state index contributed by atoms with van der Waals surface area (Å²) in [6, 6.07) is 0. The molecule has 0 saturated carbocycles. The standard InChI is InChI=1S/C10H17N.C3H6/c1-4-6-7-8-10(3)11-9-5-2;1-3-2/h5,7-8,11H,2-4,6,9H2,1H3;3H,1H2,2H3/b8-7+;. The van der Waals surface area contributed by atoms with Crippen molar-refractivity contribution in [3.05, 3.63) is 49.7 Å². The molecule has 0 aliphatic heterocycles. The summed E-state index contributed by atoms with van der Waals surface area (Å²) in [6.07, 6.45) is 10.0. The number of unbranched alkanes of at least 4 members (excludes halogenated alkanes) is 1. The highest BCUT2D eigenvalue weighted by atomic mass is 14.9. The predicted molar refractivity (Wildman–Crippen MR) is 67.3 cm³/mol. The Bertz CT molecular complexity index is 178. The van der Waals surface area contributed by atoms with Crippen molar-refractivity contribution in [1.29, 1.82) is 0 Å². The van der Waals surface area contributed by atoms with Crippen LogP contribution in [0, 0.1) is 0 Å². The van der Waals surface area contributed by atoms with Crippen molar-refractivity contribution in [3.8, 4) is 0 Å². The summed E-state index contributed by atoms with van der Waals surface area (Å²) < 4.78 is 0. The van der Waals surface area contributed by atoms with Crippen molar-refractivity contribution in [2.45, 2.75) is 26.7 Å². The summed E-state index contributed by atoms with van der Waals surface area (Å²) in [5.41, 5.74) is 0.957. The van der Waals surface area contributed by atoms with Crippen LogP contribution in [0.5, 0.6) is 0 Å². The van der Waals surface area contributed by atoms with Gasteiger partial charge in [0.1, 0.15) is 0 Å². The van der Waals surface area contributed by atoms with Crippen molar-refractivity contribution in [3.63, 3.8) is 0 Å². The fourth-order valence-electron chi connectivity index (χ4n) is 0.654. The van der Waals surface area contributed by atoms with E-state index in [1.54, 1.807) is 6.08 Å². The normalized spacial score (nSPS) is 8.71. The third-order valence-corrected chi connectivity index (χ3v) is 1.25. The fourth-order valence-corrected chi connectivity index (χ4v) is 0.654. The molecular formula is C13H23N. The summed E-state index contributed by atoms with van der Waals surface area (Å²) in [4.78, 5) is 0. The van der Waals surface area contributed by atoms with Crippen LogP contribution in [0.1, 0.15) is 26.7 Å². The van der Waals surface area contributed by atoms with Crippen molar-refractivity contribution >= 4 is 0 Å². The average Bonchev–Trinajstić information content (AvgIpc) is 2.16. The zero-order chi connectivity index (χ0) is 11.2. The van der Waals surface area contributed by atoms with E-state index in [1.165, 1.54) is 6.42 Å². The van der Waals surface area contributed by atoms with Gasteiger partial charge in [-0.25, -0.2) is 0 Å². The van der Waals surface area contributed by atoms with E-state index in [4.69, 9.17) is 0 Å². The van der Waals surface area contributed by atoms with E-state index in [-0.39, 0.29) is 0 Å². The predicted octanol–water partition coefficient (Wildman–Crippen LogP) is 3.82. The van der Waals surface area contributed by atoms with E-state index in [0.29, 0.717) is 0 Å². The van der Waals surface area contributed by atoms with Crippen LogP contribution < -0.4 is 5.32 Å². The second-order valence-corrected chi connectivity index (χ2v) is 2.79. The molecule has 0 heterocycles. The lowest BCUT2D eigenvalue weighted by atomic mass is 10.3. The molecule has 0 aliphatic rings. The molecule has 0 aromatic heterocycles. The monoisotopic (exact) mass is 193 g/mol. The van der Waals surface area contributed by atoms with Crippen molar-refractivity contribution < 1.29 is 0 Å². The molecule has 0 bridgehead atoms. The minimum Gasteiger partial charge on any atom is -0.382 e. The first-order valence-electron chi connectivity index (χ1n) is 5.00. The Hall–Kier alpha value is -1.24. The fraction of sp³-hybridized carbons (Fsp3) is 0.385. The van der Waals surface area contributed by atoms with Crippen molar-refractivity contribution in [2.75, 3.05) is 6.54 Å². The van der Waals surface area contributed by atoms with Gasteiger partial charge in [-0.3, -0.25) is 0 Å². The molecule has 1 nitrogen and oxygen atoms in total. The number of hydrogen-bond acceptors (Lipinski definition) is 1. The summed E-state index contributed by atoms with van der Waals surface area (Å²) >= 11 is 0. The third-order valence-electron chi connectivity index (χ3n) is 1.25. The molecule has 1 N–H and O–H groups in total. The zero-order valence-electron chi connectivity index (χ0n) is 9.55. The van der Waals surface area contributed by atoms with Gasteiger partial charge >= 0.3 is 0 Å². The maximum Gasteiger partial charge on any atom is 0.0327 e. The van der Waals surface area contributed by atoms with Gasteiger partial charge in [0.15, 0.2) is 0 Å². The topological polar surface area (TPSA) is 12.0 Å². The molecule has 14 heavy (non-hydrogen) atoms. The van der Waals surface area contributed by atoms with Crippen LogP contribution >= 0.6 is 0 Å². The lowest BCUT2D eigenvalue weighted by Crippen LogP contribution is -2.09. The largest absolute Gasteiger partial charge is 0.382 e. The molecule has 0 aromatic carbocycles. The Balaban J connectivity index is 0. The Morgan fingerprint density at radius 2 is 1.93 bits per heavy atom. The Morgan fingerprint density at radius 3 is 2.36 bits per heavy atom. The second kappa shape index (κ2) is 14.3. The smallest absolute Gasteiger partial charge is 0.0327 e. The Morgan fingerprint density at radius 1 is 1.36 bits per heavy atom. The van der Waals surface area contributed by atoms with Crippen LogP contribution in [-0.4, -0.2) is 6.54 Å². The molecule has 0 unspecified atom stereocenters. The lowest BCUT2D eigenvalue weighted by molar-refractivity contribution is 0.925. The van der Waals surface area contributed by atoms with Gasteiger partial charge in [0, 0.05) is 12.2 Å². The maximum atomic E-state index is 3.82. The van der Waals surface area contributed by atoms with Gasteiger partial charge in [0.05, 0.1) is 0 Å². The molecule has 0 radical (unpaired) electrons. The van der Waals surface area contributed by atoms with Gasteiger partial charge in [-0.05, 0) is 19.4 Å². The molecule has 0 rings (SSSR count). The van der Waals surface area contributed by atoms with Gasteiger partial charge in [-0.15, -0.1) is 13.2 Å². The summed E-state index contributed by atoms with van der Waals surface area (Å²) in [5, 5.41) is 3.09. The van der Waals surface area contributed by atoms with Crippen molar-refractivity contribution in [1.82, 2.24) is 5.32 Å². The highest BCUT2D eigenvalue weighted by Gasteiger charge is 1.81. The average molecular weight is 193 g/mol. The van der Waals surface area contributed by atoms with Crippen LogP contribution in [-0.2, 0) is 0 Å². The van der Waals surface area contributed by atoms with E-state index in [1.807, 2.05) is 19.1 Å². The van der Waals surface area contributed by atoms with Crippen molar-refractivity contribution in [2.24, 2.45) is 0 Å². The first-order chi connectivity index (χ1) is 6.72. The van der Waals surface area contributed by atoms with E-state index in [0.717, 1.165) is 18.7 Å². The minimum absolute atomic E-state index is 0.787. The van der Waals surface area contributed by atoms with Crippen LogP contribution in [0.3, 0.4) is 0 Å². The number of allylic oxidation sites excluding steroid dienone is 3. The van der Waals surface area contributed by atoms with Gasteiger partial charge in [-0.1, -0.05) is 38.2 Å². The molecule has 0 fully saturated rings. The molecule has 0 saturated heterocycles. The molecule has 0 aliphatic carbocycles. The van der Waals surface area contributed by atoms with Crippen LogP contribution in [0.4, 0.5) is 0 Å². The van der Waals surface area contributed by atoms with Gasteiger partial charge in [-0.2, -0.15) is 0 Å². The zero-order valence-corrected chi connectivity index (χ0v) is 9.55. The third kappa shape index (κ3) is 17.0. The molecule has 0 aromatic rings. The highest BCUT2D eigenvalue weighted by Crippen LogP contribution is 1.92. The summed E-state index contributed by atoms with van der Waals surface area (Å²) in [6.45, 7) is 15.6. The first-order valence-corrected chi connectivity index (χ1v) is 5.00. The van der Waals surface area contributed by atoms with E-state index in [9.17, 15) is 0 Å². The van der Waals surface area contributed by atoms with Crippen LogP contribution in [0.2, 0.25) is 0 Å². The summed E-state index contributed by atoms with van der Waals surface area (Å²) in [5.74, 6) is 0. The SMILES string of the molecule is C=CC.C=CCNC(=C)/C=C/CCC. The van der Waals surface area contributed by atoms with E-state index < -0.39 is 0 Å².